The number of nitrogens with zero attached hydrogens (tertiary/aromatic N) is 2. The van der Waals surface area contributed by atoms with E-state index < -0.39 is 12.1 Å². The molecule has 7 unspecified atom stereocenters. The summed E-state index contributed by atoms with van der Waals surface area (Å²) in [6.45, 7) is 3.62. The second-order valence-corrected chi connectivity index (χ2v) is 14.2. The summed E-state index contributed by atoms with van der Waals surface area (Å²) in [5.41, 5.74) is 3.58. The third-order valence-electron chi connectivity index (χ3n) is 10.5. The van der Waals surface area contributed by atoms with E-state index in [4.69, 9.17) is 21.3 Å². The van der Waals surface area contributed by atoms with Crippen LogP contribution in [-0.2, 0) is 14.3 Å². The zero-order chi connectivity index (χ0) is 32.7. The molecule has 7 atom stereocenters. The number of esters is 1. The fourth-order valence-electron chi connectivity index (χ4n) is 8.07. The number of benzene rings is 3. The number of aromatic nitrogens is 1. The maximum Gasteiger partial charge on any atom is 0.339 e. The van der Waals surface area contributed by atoms with Crippen molar-refractivity contribution in [2.45, 2.75) is 32.8 Å². The minimum atomic E-state index is -0.969. The third-order valence-corrected chi connectivity index (χ3v) is 11.8. The molecule has 1 saturated heterocycles. The number of fused-ring (bicyclic) bond motifs is 1. The molecule has 1 aliphatic heterocycles. The molecule has 3 fully saturated rings. The average Bonchev–Trinajstić information content (AvgIpc) is 3.88. The van der Waals surface area contributed by atoms with Crippen molar-refractivity contribution in [3.63, 3.8) is 0 Å². The minimum absolute atomic E-state index is 0.113. The Morgan fingerprint density at radius 2 is 1.62 bits per heavy atom. The van der Waals surface area contributed by atoms with Crippen LogP contribution in [0.5, 0.6) is 0 Å². The van der Waals surface area contributed by atoms with Crippen LogP contribution in [0.3, 0.4) is 0 Å². The van der Waals surface area contributed by atoms with Crippen LogP contribution in [0.15, 0.2) is 83.4 Å². The minimum Gasteiger partial charge on any atom is -0.450 e. The van der Waals surface area contributed by atoms with Gasteiger partial charge in [0, 0.05) is 21.0 Å². The van der Waals surface area contributed by atoms with E-state index in [2.05, 4.69) is 28.1 Å². The van der Waals surface area contributed by atoms with Crippen LogP contribution < -0.4 is 4.90 Å². The van der Waals surface area contributed by atoms with E-state index in [1.807, 2.05) is 13.0 Å². The van der Waals surface area contributed by atoms with Gasteiger partial charge in [-0.2, -0.15) is 0 Å². The van der Waals surface area contributed by atoms with E-state index in [-0.39, 0.29) is 46.8 Å². The number of imide groups is 1. The molecule has 0 spiro atoms. The van der Waals surface area contributed by atoms with E-state index in [1.165, 1.54) is 4.90 Å². The summed E-state index contributed by atoms with van der Waals surface area (Å²) >= 11 is 10.1. The first-order valence-corrected chi connectivity index (χ1v) is 17.1. The standard InChI is InChI=1S/C38H30BrClN2O5/c1-3-30(35(43)20-7-5-4-6-8-20)47-38(46)27-17-29(41-34-18(2)33(40)28(39)16-26(27)34)19-9-11-21(12-10-19)42-36(44)31-22-13-14-23(25-15-24(22)25)32(31)37(42)45/h4-14,16-17,22-25,30-32H,3,15H2,1-2H3. The number of anilines is 1. The fraction of sp³-hybridized carbons (Fsp3) is 0.289. The van der Waals surface area contributed by atoms with Gasteiger partial charge in [-0.1, -0.05) is 73.1 Å². The van der Waals surface area contributed by atoms with Gasteiger partial charge in [-0.05, 0) is 89.2 Å². The van der Waals surface area contributed by atoms with Crippen LogP contribution in [0.1, 0.15) is 46.0 Å². The van der Waals surface area contributed by atoms with Gasteiger partial charge in [-0.15, -0.1) is 0 Å². The Bertz CT molecular complexity index is 2010. The second-order valence-electron chi connectivity index (χ2n) is 13.0. The van der Waals surface area contributed by atoms with E-state index in [0.717, 1.165) is 6.42 Å². The molecular formula is C38H30BrClN2O5. The Morgan fingerprint density at radius 1 is 0.979 bits per heavy atom. The summed E-state index contributed by atoms with van der Waals surface area (Å²) in [5.74, 6) is -0.329. The molecule has 0 radical (unpaired) electrons. The van der Waals surface area contributed by atoms with Crippen molar-refractivity contribution < 1.29 is 23.9 Å². The monoisotopic (exact) mass is 708 g/mol. The van der Waals surface area contributed by atoms with Crippen molar-refractivity contribution in [3.05, 3.63) is 105 Å². The molecule has 2 bridgehead atoms. The Balaban J connectivity index is 1.13. The molecule has 2 amide bonds. The molecule has 4 aromatic rings. The molecule has 9 rings (SSSR count). The number of amides is 2. The fourth-order valence-corrected chi connectivity index (χ4v) is 8.74. The maximum atomic E-state index is 13.8. The summed E-state index contributed by atoms with van der Waals surface area (Å²) in [7, 11) is 0. The Kier molecular flexibility index (Phi) is 7.22. The lowest BCUT2D eigenvalue weighted by Crippen LogP contribution is -2.40. The van der Waals surface area contributed by atoms with Gasteiger partial charge < -0.3 is 4.74 Å². The van der Waals surface area contributed by atoms with Crippen LogP contribution in [-0.4, -0.2) is 34.7 Å². The number of allylic oxidation sites excluding steroid dienone is 2. The largest absolute Gasteiger partial charge is 0.450 e. The third kappa shape index (κ3) is 4.71. The Hall–Kier alpha value is -4.14. The number of hydrogen-bond acceptors (Lipinski definition) is 6. The van der Waals surface area contributed by atoms with Gasteiger partial charge in [0.15, 0.2) is 6.10 Å². The molecule has 3 aromatic carbocycles. The first kappa shape index (κ1) is 30.2. The number of rotatable bonds is 7. The van der Waals surface area contributed by atoms with E-state index >= 15 is 0 Å². The van der Waals surface area contributed by atoms with Crippen LogP contribution >= 0.6 is 27.5 Å². The highest BCUT2D eigenvalue weighted by molar-refractivity contribution is 9.10. The van der Waals surface area contributed by atoms with Gasteiger partial charge in [-0.25, -0.2) is 9.78 Å². The van der Waals surface area contributed by atoms with Crippen molar-refractivity contribution in [1.82, 2.24) is 4.98 Å². The van der Waals surface area contributed by atoms with Gasteiger partial charge in [0.25, 0.3) is 0 Å². The molecule has 47 heavy (non-hydrogen) atoms. The second kappa shape index (κ2) is 11.2. The number of ketones is 1. The van der Waals surface area contributed by atoms with Crippen LogP contribution in [0.2, 0.25) is 5.02 Å². The first-order chi connectivity index (χ1) is 22.7. The summed E-state index contributed by atoms with van der Waals surface area (Å²) in [4.78, 5) is 60.6. The zero-order valence-electron chi connectivity index (χ0n) is 25.7. The molecule has 9 heteroatoms. The van der Waals surface area contributed by atoms with Crippen molar-refractivity contribution >= 4 is 67.7 Å². The lowest BCUT2D eigenvalue weighted by atomic mass is 9.63. The molecular weight excluding hydrogens is 680 g/mol. The number of ether oxygens (including phenoxy) is 1. The SMILES string of the molecule is CCC(OC(=O)c1cc(-c2ccc(N3C(=O)C4C5C=CC(C6CC56)C4C3=O)cc2)nc2c(C)c(Cl)c(Br)cc12)C(=O)c1ccccc1. The number of carbonyl (C=O) groups is 4. The van der Waals surface area contributed by atoms with Gasteiger partial charge >= 0.3 is 5.97 Å². The summed E-state index contributed by atoms with van der Waals surface area (Å²) in [6.07, 6.45) is 4.78. The molecule has 5 aliphatic rings. The van der Waals surface area contributed by atoms with Gasteiger partial charge in [-0.3, -0.25) is 19.3 Å². The van der Waals surface area contributed by atoms with Crippen molar-refractivity contribution in [3.8, 4) is 11.3 Å². The molecule has 2 saturated carbocycles. The molecule has 7 nitrogen and oxygen atoms in total. The topological polar surface area (TPSA) is 93.6 Å². The smallest absolute Gasteiger partial charge is 0.339 e. The highest BCUT2D eigenvalue weighted by atomic mass is 79.9. The number of carbonyl (C=O) groups excluding carboxylic acids is 4. The molecule has 0 N–H and O–H groups in total. The number of Topliss-reactive ketones (excluding diaryl/α,β-unsaturated/α-hetero) is 1. The van der Waals surface area contributed by atoms with Crippen LogP contribution in [0, 0.1) is 42.4 Å². The van der Waals surface area contributed by atoms with E-state index in [9.17, 15) is 19.2 Å². The molecule has 2 heterocycles. The molecule has 1 aromatic heterocycles. The van der Waals surface area contributed by atoms with Gasteiger partial charge in [0.05, 0.1) is 39.3 Å². The normalized spacial score (nSPS) is 25.9. The quantitative estimate of drug-likeness (QED) is 0.0836. The summed E-state index contributed by atoms with van der Waals surface area (Å²) in [6, 6.07) is 19.3. The van der Waals surface area contributed by atoms with Gasteiger partial charge in [0.1, 0.15) is 0 Å². The maximum absolute atomic E-state index is 13.8. The number of halogens is 2. The zero-order valence-corrected chi connectivity index (χ0v) is 28.0. The van der Waals surface area contributed by atoms with Crippen molar-refractivity contribution in [1.29, 1.82) is 0 Å². The number of hydrogen-bond donors (Lipinski definition) is 0. The van der Waals surface area contributed by atoms with E-state index in [0.29, 0.717) is 66.7 Å². The van der Waals surface area contributed by atoms with Gasteiger partial charge in [0.2, 0.25) is 17.6 Å². The molecule has 4 aliphatic carbocycles. The number of aryl methyl sites for hydroxylation is 1. The lowest BCUT2D eigenvalue weighted by molar-refractivity contribution is -0.124. The Labute approximate surface area is 285 Å². The summed E-state index contributed by atoms with van der Waals surface area (Å²) < 4.78 is 6.45. The van der Waals surface area contributed by atoms with Crippen molar-refractivity contribution in [2.75, 3.05) is 4.90 Å². The average molecular weight is 710 g/mol. The predicted octanol–water partition coefficient (Wildman–Crippen LogP) is 8.00. The predicted molar refractivity (Wildman–Crippen MR) is 182 cm³/mol. The molecule has 236 valence electrons. The van der Waals surface area contributed by atoms with E-state index in [1.54, 1.807) is 67.6 Å². The highest BCUT2D eigenvalue weighted by Gasteiger charge is 2.67. The highest BCUT2D eigenvalue weighted by Crippen LogP contribution is 2.65. The first-order valence-electron chi connectivity index (χ1n) is 15.9. The number of pyridine rings is 1. The van der Waals surface area contributed by atoms with Crippen LogP contribution in [0.25, 0.3) is 22.2 Å². The summed E-state index contributed by atoms with van der Waals surface area (Å²) in [5, 5.41) is 0.999. The van der Waals surface area contributed by atoms with Crippen molar-refractivity contribution in [2.24, 2.45) is 35.5 Å². The Morgan fingerprint density at radius 3 is 2.23 bits per heavy atom. The van der Waals surface area contributed by atoms with Crippen LogP contribution in [0.4, 0.5) is 5.69 Å². The lowest BCUT2D eigenvalue weighted by Gasteiger charge is -2.37.